The minimum atomic E-state index is -0.651. The van der Waals surface area contributed by atoms with Gasteiger partial charge in [0.15, 0.2) is 0 Å². The van der Waals surface area contributed by atoms with Crippen LogP contribution in [-0.2, 0) is 4.79 Å². The van der Waals surface area contributed by atoms with Crippen LogP contribution in [0.25, 0.3) is 0 Å². The zero-order chi connectivity index (χ0) is 9.42. The molecule has 2 saturated carbocycles. The highest BCUT2D eigenvalue weighted by Crippen LogP contribution is 2.44. The van der Waals surface area contributed by atoms with E-state index in [4.69, 9.17) is 5.11 Å². The fraction of sp³-hybridized carbons (Fsp3) is 0.900. The third-order valence-electron chi connectivity index (χ3n) is 3.60. The number of hydrogen-bond acceptors (Lipinski definition) is 2. The van der Waals surface area contributed by atoms with Gasteiger partial charge in [-0.05, 0) is 37.5 Å². The van der Waals surface area contributed by atoms with Crippen molar-refractivity contribution in [1.29, 1.82) is 0 Å². The van der Waals surface area contributed by atoms with E-state index in [0.717, 1.165) is 19.3 Å². The lowest BCUT2D eigenvalue weighted by Gasteiger charge is -2.42. The summed E-state index contributed by atoms with van der Waals surface area (Å²) in [5.41, 5.74) is 0. The molecule has 0 aromatic heterocycles. The summed E-state index contributed by atoms with van der Waals surface area (Å²) in [6, 6.07) is 0. The first-order valence-electron chi connectivity index (χ1n) is 5.09. The summed E-state index contributed by atoms with van der Waals surface area (Å²) >= 11 is 0. The molecule has 0 amide bonds. The van der Waals surface area contributed by atoms with Gasteiger partial charge in [0, 0.05) is 0 Å². The van der Waals surface area contributed by atoms with E-state index in [1.54, 1.807) is 0 Å². The van der Waals surface area contributed by atoms with Crippen LogP contribution in [0.4, 0.5) is 0 Å². The standard InChI is InChI=1S/C10H16O3/c11-8-4-6-2-1-3-7(5-8)9(6)10(12)13/h6-9,11H,1-5H2,(H,12,13). The first kappa shape index (κ1) is 9.00. The number of carboxylic acids is 1. The molecule has 0 aromatic rings. The fourth-order valence-corrected chi connectivity index (χ4v) is 3.11. The minimum Gasteiger partial charge on any atom is -0.481 e. The lowest BCUT2D eigenvalue weighted by atomic mass is 9.64. The maximum absolute atomic E-state index is 11.0. The number of carbonyl (C=O) groups is 1. The molecule has 0 aromatic carbocycles. The number of carboxylic acid groups (broad SMARTS) is 1. The fourth-order valence-electron chi connectivity index (χ4n) is 3.11. The van der Waals surface area contributed by atoms with Crippen LogP contribution in [0.1, 0.15) is 32.1 Å². The van der Waals surface area contributed by atoms with E-state index in [2.05, 4.69) is 0 Å². The molecule has 2 aliphatic rings. The maximum Gasteiger partial charge on any atom is 0.307 e. The molecule has 2 bridgehead atoms. The van der Waals surface area contributed by atoms with E-state index in [0.29, 0.717) is 12.8 Å². The van der Waals surface area contributed by atoms with Crippen molar-refractivity contribution in [1.82, 2.24) is 0 Å². The lowest BCUT2D eigenvalue weighted by Crippen LogP contribution is -2.42. The summed E-state index contributed by atoms with van der Waals surface area (Å²) in [4.78, 5) is 11.0. The van der Waals surface area contributed by atoms with E-state index in [-0.39, 0.29) is 23.9 Å². The molecule has 2 fully saturated rings. The van der Waals surface area contributed by atoms with Crippen molar-refractivity contribution in [2.45, 2.75) is 38.2 Å². The second-order valence-corrected chi connectivity index (χ2v) is 4.44. The summed E-state index contributed by atoms with van der Waals surface area (Å²) in [6.07, 6.45) is 4.29. The topological polar surface area (TPSA) is 57.5 Å². The Balaban J connectivity index is 2.14. The molecule has 0 radical (unpaired) electrons. The molecule has 2 rings (SSSR count). The molecule has 2 unspecified atom stereocenters. The average Bonchev–Trinajstić information content (AvgIpc) is 2.01. The van der Waals surface area contributed by atoms with Crippen LogP contribution in [0.15, 0.2) is 0 Å². The molecule has 13 heavy (non-hydrogen) atoms. The Morgan fingerprint density at radius 1 is 1.15 bits per heavy atom. The van der Waals surface area contributed by atoms with Crippen LogP contribution in [0, 0.1) is 17.8 Å². The van der Waals surface area contributed by atoms with Crippen LogP contribution in [0.3, 0.4) is 0 Å². The Kier molecular flexibility index (Phi) is 2.28. The van der Waals surface area contributed by atoms with Gasteiger partial charge in [0.2, 0.25) is 0 Å². The highest BCUT2D eigenvalue weighted by Gasteiger charge is 2.43. The van der Waals surface area contributed by atoms with E-state index in [9.17, 15) is 9.90 Å². The largest absolute Gasteiger partial charge is 0.481 e. The van der Waals surface area contributed by atoms with Crippen LogP contribution in [-0.4, -0.2) is 22.3 Å². The van der Waals surface area contributed by atoms with Crippen molar-refractivity contribution in [3.63, 3.8) is 0 Å². The third-order valence-corrected chi connectivity index (χ3v) is 3.60. The second-order valence-electron chi connectivity index (χ2n) is 4.44. The summed E-state index contributed by atoms with van der Waals surface area (Å²) in [6.45, 7) is 0. The van der Waals surface area contributed by atoms with E-state index < -0.39 is 5.97 Å². The second kappa shape index (κ2) is 3.29. The van der Waals surface area contributed by atoms with Gasteiger partial charge >= 0.3 is 5.97 Å². The van der Waals surface area contributed by atoms with Gasteiger partial charge in [0.25, 0.3) is 0 Å². The van der Waals surface area contributed by atoms with E-state index in [1.165, 1.54) is 0 Å². The maximum atomic E-state index is 11.0. The van der Waals surface area contributed by atoms with Gasteiger partial charge in [-0.3, -0.25) is 4.79 Å². The van der Waals surface area contributed by atoms with Crippen molar-refractivity contribution < 1.29 is 15.0 Å². The van der Waals surface area contributed by atoms with E-state index >= 15 is 0 Å². The highest BCUT2D eigenvalue weighted by molar-refractivity contribution is 5.71. The van der Waals surface area contributed by atoms with Crippen molar-refractivity contribution in [2.24, 2.45) is 17.8 Å². The molecule has 3 heteroatoms. The molecular formula is C10H16O3. The first-order chi connectivity index (χ1) is 6.18. The summed E-state index contributed by atoms with van der Waals surface area (Å²) in [5.74, 6) is -0.348. The number of rotatable bonds is 1. The smallest absolute Gasteiger partial charge is 0.307 e. The van der Waals surface area contributed by atoms with Crippen LogP contribution in [0.2, 0.25) is 0 Å². The molecule has 0 spiro atoms. The van der Waals surface area contributed by atoms with Gasteiger partial charge in [-0.2, -0.15) is 0 Å². The quantitative estimate of drug-likeness (QED) is 0.645. The van der Waals surface area contributed by atoms with Crippen molar-refractivity contribution in [2.75, 3.05) is 0 Å². The van der Waals surface area contributed by atoms with Gasteiger partial charge in [-0.25, -0.2) is 0 Å². The number of hydrogen-bond donors (Lipinski definition) is 2. The van der Waals surface area contributed by atoms with Gasteiger partial charge in [-0.1, -0.05) is 6.42 Å². The summed E-state index contributed by atoms with van der Waals surface area (Å²) in [7, 11) is 0. The number of fused-ring (bicyclic) bond motifs is 2. The number of aliphatic carboxylic acids is 1. The van der Waals surface area contributed by atoms with Crippen LogP contribution in [0.5, 0.6) is 0 Å². The molecule has 0 saturated heterocycles. The SMILES string of the molecule is O=C(O)C1C2CCCC1CC(O)C2. The summed E-state index contributed by atoms with van der Waals surface area (Å²) in [5, 5.41) is 18.6. The minimum absolute atomic E-state index is 0.169. The zero-order valence-corrected chi connectivity index (χ0v) is 7.65. The van der Waals surface area contributed by atoms with Crippen molar-refractivity contribution in [3.05, 3.63) is 0 Å². The predicted molar refractivity (Wildman–Crippen MR) is 47.2 cm³/mol. The third kappa shape index (κ3) is 1.57. The van der Waals surface area contributed by atoms with E-state index in [1.807, 2.05) is 0 Å². The Morgan fingerprint density at radius 3 is 2.15 bits per heavy atom. The number of aliphatic hydroxyl groups excluding tert-OH is 1. The normalized spacial score (nSPS) is 44.4. The Bertz CT molecular complexity index is 200. The van der Waals surface area contributed by atoms with Gasteiger partial charge in [0.1, 0.15) is 0 Å². The molecule has 0 heterocycles. The Hall–Kier alpha value is -0.570. The molecule has 3 nitrogen and oxygen atoms in total. The van der Waals surface area contributed by atoms with Gasteiger partial charge in [-0.15, -0.1) is 0 Å². The van der Waals surface area contributed by atoms with Crippen molar-refractivity contribution in [3.8, 4) is 0 Å². The molecule has 74 valence electrons. The highest BCUT2D eigenvalue weighted by atomic mass is 16.4. The van der Waals surface area contributed by atoms with Gasteiger partial charge < -0.3 is 10.2 Å². The summed E-state index contributed by atoms with van der Waals surface area (Å²) < 4.78 is 0. The van der Waals surface area contributed by atoms with Gasteiger partial charge in [0.05, 0.1) is 12.0 Å². The van der Waals surface area contributed by atoms with Crippen LogP contribution >= 0.6 is 0 Å². The van der Waals surface area contributed by atoms with Crippen LogP contribution < -0.4 is 0 Å². The number of aliphatic hydroxyl groups is 1. The molecule has 2 N–H and O–H groups in total. The monoisotopic (exact) mass is 184 g/mol. The predicted octanol–water partition coefficient (Wildman–Crippen LogP) is 1.26. The molecule has 0 aliphatic heterocycles. The van der Waals surface area contributed by atoms with Crippen molar-refractivity contribution >= 4 is 5.97 Å². The Morgan fingerprint density at radius 2 is 1.69 bits per heavy atom. The first-order valence-corrected chi connectivity index (χ1v) is 5.09. The lowest BCUT2D eigenvalue weighted by molar-refractivity contribution is -0.151. The average molecular weight is 184 g/mol. The molecular weight excluding hydrogens is 168 g/mol. The molecule has 2 atom stereocenters. The Labute approximate surface area is 77.8 Å². The zero-order valence-electron chi connectivity index (χ0n) is 7.65. The molecule has 2 aliphatic carbocycles.